The minimum absolute atomic E-state index is 0.619. The lowest BCUT2D eigenvalue weighted by Crippen LogP contribution is -2.36. The molecular formula is C10H20N2. The van der Waals surface area contributed by atoms with Crippen LogP contribution >= 0.6 is 0 Å². The molecule has 0 amide bonds. The fourth-order valence-electron chi connectivity index (χ4n) is 1.77. The van der Waals surface area contributed by atoms with Crippen LogP contribution in [0.2, 0.25) is 0 Å². The number of rotatable bonds is 4. The van der Waals surface area contributed by atoms with Gasteiger partial charge in [0.1, 0.15) is 0 Å². The molecule has 2 nitrogen and oxygen atoms in total. The molecule has 1 saturated heterocycles. The molecule has 1 rings (SSSR count). The summed E-state index contributed by atoms with van der Waals surface area (Å²) in [6.07, 6.45) is 3.67. The van der Waals surface area contributed by atoms with E-state index in [0.717, 1.165) is 19.5 Å². The predicted octanol–water partition coefficient (Wildman–Crippen LogP) is 1.38. The molecular weight excluding hydrogens is 148 g/mol. The third kappa shape index (κ3) is 2.32. The van der Waals surface area contributed by atoms with Gasteiger partial charge in [-0.1, -0.05) is 19.1 Å². The summed E-state index contributed by atoms with van der Waals surface area (Å²) in [6, 6.07) is 0.619. The van der Waals surface area contributed by atoms with Crippen molar-refractivity contribution in [2.45, 2.75) is 32.2 Å². The molecule has 0 aliphatic carbocycles. The minimum Gasteiger partial charge on any atom is -0.329 e. The first kappa shape index (κ1) is 9.75. The molecule has 1 heterocycles. The molecule has 0 aromatic rings. The summed E-state index contributed by atoms with van der Waals surface area (Å²) in [6.45, 7) is 9.25. The van der Waals surface area contributed by atoms with Gasteiger partial charge >= 0.3 is 0 Å². The van der Waals surface area contributed by atoms with Crippen molar-refractivity contribution < 1.29 is 0 Å². The SMILES string of the molecule is C=C(CC)CN1CCCC1CN. The third-order valence-electron chi connectivity index (χ3n) is 2.70. The van der Waals surface area contributed by atoms with E-state index in [0.29, 0.717) is 6.04 Å². The van der Waals surface area contributed by atoms with Gasteiger partial charge in [-0.15, -0.1) is 0 Å². The molecule has 0 spiro atoms. The Morgan fingerprint density at radius 1 is 1.67 bits per heavy atom. The first-order chi connectivity index (χ1) is 5.77. The van der Waals surface area contributed by atoms with Gasteiger partial charge in [0.05, 0.1) is 0 Å². The van der Waals surface area contributed by atoms with Gasteiger partial charge in [-0.05, 0) is 25.8 Å². The van der Waals surface area contributed by atoms with Crippen LogP contribution in [0.1, 0.15) is 26.2 Å². The van der Waals surface area contributed by atoms with E-state index in [1.807, 2.05) is 0 Å². The molecule has 0 saturated carbocycles. The maximum Gasteiger partial charge on any atom is 0.0222 e. The van der Waals surface area contributed by atoms with Crippen LogP contribution < -0.4 is 5.73 Å². The summed E-state index contributed by atoms with van der Waals surface area (Å²) >= 11 is 0. The Kier molecular flexibility index (Phi) is 3.76. The standard InChI is InChI=1S/C10H20N2/c1-3-9(2)8-12-6-4-5-10(12)7-11/h10H,2-8,11H2,1H3. The molecule has 1 aliphatic rings. The normalized spacial score (nSPS) is 24.7. The van der Waals surface area contributed by atoms with Gasteiger partial charge in [0.2, 0.25) is 0 Å². The van der Waals surface area contributed by atoms with Gasteiger partial charge in [0.15, 0.2) is 0 Å². The summed E-state index contributed by atoms with van der Waals surface area (Å²) in [5.74, 6) is 0. The van der Waals surface area contributed by atoms with E-state index in [-0.39, 0.29) is 0 Å². The minimum atomic E-state index is 0.619. The maximum absolute atomic E-state index is 5.67. The number of nitrogens with two attached hydrogens (primary N) is 1. The maximum atomic E-state index is 5.67. The first-order valence-electron chi connectivity index (χ1n) is 4.88. The van der Waals surface area contributed by atoms with Crippen molar-refractivity contribution >= 4 is 0 Å². The molecule has 0 aromatic carbocycles. The number of hydrogen-bond acceptors (Lipinski definition) is 2. The average Bonchev–Trinajstić information content (AvgIpc) is 2.51. The number of likely N-dealkylation sites (tertiary alicyclic amines) is 1. The van der Waals surface area contributed by atoms with Crippen LogP contribution in [0.25, 0.3) is 0 Å². The topological polar surface area (TPSA) is 29.3 Å². The van der Waals surface area contributed by atoms with Gasteiger partial charge in [0, 0.05) is 19.1 Å². The predicted molar refractivity (Wildman–Crippen MR) is 53.1 cm³/mol. The van der Waals surface area contributed by atoms with Crippen LogP contribution in [0.15, 0.2) is 12.2 Å². The van der Waals surface area contributed by atoms with Crippen molar-refractivity contribution in [1.29, 1.82) is 0 Å². The Balaban J connectivity index is 2.35. The molecule has 0 aromatic heterocycles. The summed E-state index contributed by atoms with van der Waals surface area (Å²) < 4.78 is 0. The zero-order chi connectivity index (χ0) is 8.97. The van der Waals surface area contributed by atoms with E-state index in [1.165, 1.54) is 25.0 Å². The van der Waals surface area contributed by atoms with Gasteiger partial charge < -0.3 is 5.73 Å². The highest BCUT2D eigenvalue weighted by Crippen LogP contribution is 2.17. The summed E-state index contributed by atoms with van der Waals surface area (Å²) in [5, 5.41) is 0. The zero-order valence-electron chi connectivity index (χ0n) is 8.05. The highest BCUT2D eigenvalue weighted by Gasteiger charge is 2.22. The van der Waals surface area contributed by atoms with Crippen molar-refractivity contribution in [2.75, 3.05) is 19.6 Å². The van der Waals surface area contributed by atoms with Crippen molar-refractivity contribution in [3.63, 3.8) is 0 Å². The van der Waals surface area contributed by atoms with Gasteiger partial charge in [-0.25, -0.2) is 0 Å². The molecule has 70 valence electrons. The van der Waals surface area contributed by atoms with E-state index in [1.54, 1.807) is 0 Å². The molecule has 0 bridgehead atoms. The molecule has 2 N–H and O–H groups in total. The Morgan fingerprint density at radius 2 is 2.42 bits per heavy atom. The van der Waals surface area contributed by atoms with Crippen molar-refractivity contribution in [1.82, 2.24) is 4.90 Å². The van der Waals surface area contributed by atoms with Gasteiger partial charge in [-0.2, -0.15) is 0 Å². The fourth-order valence-corrected chi connectivity index (χ4v) is 1.77. The fraction of sp³-hybridized carbons (Fsp3) is 0.800. The lowest BCUT2D eigenvalue weighted by atomic mass is 10.2. The van der Waals surface area contributed by atoms with Crippen molar-refractivity contribution in [3.05, 3.63) is 12.2 Å². The van der Waals surface area contributed by atoms with Crippen LogP contribution in [-0.4, -0.2) is 30.6 Å². The van der Waals surface area contributed by atoms with Crippen LogP contribution in [0.4, 0.5) is 0 Å². The second kappa shape index (κ2) is 4.63. The highest BCUT2D eigenvalue weighted by molar-refractivity contribution is 4.98. The lowest BCUT2D eigenvalue weighted by molar-refractivity contribution is 0.278. The molecule has 1 aliphatic heterocycles. The van der Waals surface area contributed by atoms with Crippen LogP contribution in [0, 0.1) is 0 Å². The average molecular weight is 168 g/mol. The lowest BCUT2D eigenvalue weighted by Gasteiger charge is -2.23. The second-order valence-corrected chi connectivity index (χ2v) is 3.61. The van der Waals surface area contributed by atoms with E-state index in [9.17, 15) is 0 Å². The Labute approximate surface area is 75.4 Å². The quantitative estimate of drug-likeness (QED) is 0.642. The number of nitrogens with zero attached hydrogens (tertiary/aromatic N) is 1. The van der Waals surface area contributed by atoms with Gasteiger partial charge in [-0.3, -0.25) is 4.90 Å². The first-order valence-corrected chi connectivity index (χ1v) is 4.88. The van der Waals surface area contributed by atoms with Crippen LogP contribution in [0.3, 0.4) is 0 Å². The summed E-state index contributed by atoms with van der Waals surface area (Å²) in [5.41, 5.74) is 7.00. The summed E-state index contributed by atoms with van der Waals surface area (Å²) in [4.78, 5) is 2.46. The van der Waals surface area contributed by atoms with E-state index >= 15 is 0 Å². The highest BCUT2D eigenvalue weighted by atomic mass is 15.2. The van der Waals surface area contributed by atoms with E-state index < -0.39 is 0 Å². The second-order valence-electron chi connectivity index (χ2n) is 3.61. The summed E-state index contributed by atoms with van der Waals surface area (Å²) in [7, 11) is 0. The van der Waals surface area contributed by atoms with Crippen molar-refractivity contribution in [2.24, 2.45) is 5.73 Å². The van der Waals surface area contributed by atoms with E-state index in [2.05, 4.69) is 18.4 Å². The largest absolute Gasteiger partial charge is 0.329 e. The Bertz CT molecular complexity index is 154. The molecule has 0 radical (unpaired) electrons. The Hall–Kier alpha value is -0.340. The van der Waals surface area contributed by atoms with Crippen LogP contribution in [0.5, 0.6) is 0 Å². The van der Waals surface area contributed by atoms with Gasteiger partial charge in [0.25, 0.3) is 0 Å². The van der Waals surface area contributed by atoms with Crippen molar-refractivity contribution in [3.8, 4) is 0 Å². The monoisotopic (exact) mass is 168 g/mol. The Morgan fingerprint density at radius 3 is 3.00 bits per heavy atom. The molecule has 2 heteroatoms. The molecule has 12 heavy (non-hydrogen) atoms. The smallest absolute Gasteiger partial charge is 0.0222 e. The number of hydrogen-bond donors (Lipinski definition) is 1. The molecule has 1 unspecified atom stereocenters. The van der Waals surface area contributed by atoms with Crippen LogP contribution in [-0.2, 0) is 0 Å². The molecule has 1 atom stereocenters. The van der Waals surface area contributed by atoms with E-state index in [4.69, 9.17) is 5.73 Å². The zero-order valence-corrected chi connectivity index (χ0v) is 8.05. The third-order valence-corrected chi connectivity index (χ3v) is 2.70. The molecule has 1 fully saturated rings.